The van der Waals surface area contributed by atoms with E-state index in [1.54, 1.807) is 0 Å². The molecule has 0 bridgehead atoms. The van der Waals surface area contributed by atoms with Crippen LogP contribution < -0.4 is 5.32 Å². The second-order valence-corrected chi connectivity index (χ2v) is 5.85. The molecule has 0 fully saturated rings. The van der Waals surface area contributed by atoms with E-state index in [4.69, 9.17) is 5.11 Å². The lowest BCUT2D eigenvalue weighted by molar-refractivity contribution is -0.384. The Kier molecular flexibility index (Phi) is 5.01. The molecule has 0 radical (unpaired) electrons. The van der Waals surface area contributed by atoms with Crippen molar-refractivity contribution in [2.45, 2.75) is 39.7 Å². The molecular weight excluding hydrogens is 262 g/mol. The predicted octanol–water partition coefficient (Wildman–Crippen LogP) is 2.68. The van der Waals surface area contributed by atoms with Crippen LogP contribution >= 0.6 is 0 Å². The van der Waals surface area contributed by atoms with Gasteiger partial charge in [0.15, 0.2) is 0 Å². The Hall–Kier alpha value is -2.18. The molecule has 0 aliphatic heterocycles. The lowest BCUT2D eigenvalue weighted by Crippen LogP contribution is -2.28. The topological polar surface area (TPSA) is 105 Å². The van der Waals surface area contributed by atoms with Gasteiger partial charge in [-0.25, -0.2) is 0 Å². The standard InChI is InChI=1S/C13H19N3O4/c1-13(2,3)7-9(6-12(17)18)15-10-4-5-14-8-11(10)16(19)20/h4-5,8-9H,6-7H2,1-3H3,(H,14,15)(H,17,18). The van der Waals surface area contributed by atoms with Crippen LogP contribution in [0.4, 0.5) is 11.4 Å². The minimum Gasteiger partial charge on any atom is -0.481 e. The number of hydrogen-bond donors (Lipinski definition) is 2. The molecule has 0 spiro atoms. The molecule has 0 saturated carbocycles. The molecule has 1 unspecified atom stereocenters. The van der Waals surface area contributed by atoms with Crippen LogP contribution in [0.25, 0.3) is 0 Å². The van der Waals surface area contributed by atoms with E-state index in [0.29, 0.717) is 12.1 Å². The number of hydrogen-bond acceptors (Lipinski definition) is 5. The average Bonchev–Trinajstić information content (AvgIpc) is 2.25. The van der Waals surface area contributed by atoms with Crippen molar-refractivity contribution in [3.05, 3.63) is 28.6 Å². The number of carbonyl (C=O) groups is 1. The van der Waals surface area contributed by atoms with Crippen LogP contribution in [0.15, 0.2) is 18.5 Å². The van der Waals surface area contributed by atoms with E-state index >= 15 is 0 Å². The van der Waals surface area contributed by atoms with Gasteiger partial charge in [0, 0.05) is 12.2 Å². The highest BCUT2D eigenvalue weighted by Crippen LogP contribution is 2.28. The third-order valence-electron chi connectivity index (χ3n) is 2.64. The summed E-state index contributed by atoms with van der Waals surface area (Å²) in [6.45, 7) is 5.97. The molecule has 7 nitrogen and oxygen atoms in total. The largest absolute Gasteiger partial charge is 0.481 e. The zero-order valence-electron chi connectivity index (χ0n) is 11.8. The maximum absolute atomic E-state index is 10.9. The molecule has 2 N–H and O–H groups in total. The van der Waals surface area contributed by atoms with Gasteiger partial charge in [-0.3, -0.25) is 19.9 Å². The third kappa shape index (κ3) is 5.21. The van der Waals surface area contributed by atoms with Crippen molar-refractivity contribution in [1.29, 1.82) is 0 Å². The number of aromatic nitrogens is 1. The minimum absolute atomic E-state index is 0.0884. The first kappa shape index (κ1) is 15.9. The molecular formula is C13H19N3O4. The van der Waals surface area contributed by atoms with E-state index in [-0.39, 0.29) is 23.6 Å². The summed E-state index contributed by atoms with van der Waals surface area (Å²) in [5, 5.41) is 22.8. The van der Waals surface area contributed by atoms with E-state index < -0.39 is 10.9 Å². The molecule has 0 aromatic carbocycles. The lowest BCUT2D eigenvalue weighted by atomic mass is 9.87. The van der Waals surface area contributed by atoms with Gasteiger partial charge in [0.25, 0.3) is 0 Å². The van der Waals surface area contributed by atoms with Gasteiger partial charge in [-0.05, 0) is 17.9 Å². The van der Waals surface area contributed by atoms with Gasteiger partial charge in [0.2, 0.25) is 0 Å². The number of carboxylic acid groups (broad SMARTS) is 1. The second-order valence-electron chi connectivity index (χ2n) is 5.85. The van der Waals surface area contributed by atoms with Crippen LogP contribution in [0, 0.1) is 15.5 Å². The van der Waals surface area contributed by atoms with Gasteiger partial charge in [-0.2, -0.15) is 0 Å². The van der Waals surface area contributed by atoms with Crippen molar-refractivity contribution in [2.75, 3.05) is 5.32 Å². The van der Waals surface area contributed by atoms with Crippen LogP contribution in [0.2, 0.25) is 0 Å². The Morgan fingerprint density at radius 1 is 1.55 bits per heavy atom. The van der Waals surface area contributed by atoms with Gasteiger partial charge >= 0.3 is 11.7 Å². The molecule has 0 aliphatic rings. The van der Waals surface area contributed by atoms with E-state index in [1.165, 1.54) is 12.3 Å². The minimum atomic E-state index is -0.941. The fraction of sp³-hybridized carbons (Fsp3) is 0.538. The Labute approximate surface area is 117 Å². The van der Waals surface area contributed by atoms with Gasteiger partial charge in [-0.15, -0.1) is 0 Å². The van der Waals surface area contributed by atoms with Gasteiger partial charge in [0.05, 0.1) is 11.3 Å². The van der Waals surface area contributed by atoms with Gasteiger partial charge < -0.3 is 10.4 Å². The summed E-state index contributed by atoms with van der Waals surface area (Å²) in [5.74, 6) is -0.941. The molecule has 110 valence electrons. The van der Waals surface area contributed by atoms with Crippen molar-refractivity contribution in [3.63, 3.8) is 0 Å². The lowest BCUT2D eigenvalue weighted by Gasteiger charge is -2.26. The number of nitrogens with zero attached hydrogens (tertiary/aromatic N) is 2. The van der Waals surface area contributed by atoms with Crippen LogP contribution in [0.1, 0.15) is 33.6 Å². The first-order chi connectivity index (χ1) is 9.19. The highest BCUT2D eigenvalue weighted by molar-refractivity contribution is 5.69. The summed E-state index contributed by atoms with van der Waals surface area (Å²) in [6, 6.07) is 1.10. The molecule has 1 aromatic heterocycles. The Morgan fingerprint density at radius 2 is 2.20 bits per heavy atom. The maximum Gasteiger partial charge on any atom is 0.310 e. The normalized spacial score (nSPS) is 12.8. The molecule has 1 aromatic rings. The summed E-state index contributed by atoms with van der Waals surface area (Å²) in [5.41, 5.74) is 0.0480. The Balaban J connectivity index is 2.94. The number of anilines is 1. The SMILES string of the molecule is CC(C)(C)CC(CC(=O)O)Nc1ccncc1[N+](=O)[O-]. The first-order valence-electron chi connectivity index (χ1n) is 6.26. The molecule has 20 heavy (non-hydrogen) atoms. The van der Waals surface area contributed by atoms with Crippen LogP contribution in [-0.2, 0) is 4.79 Å². The van der Waals surface area contributed by atoms with Crippen LogP contribution in [0.3, 0.4) is 0 Å². The van der Waals surface area contributed by atoms with Crippen molar-refractivity contribution in [3.8, 4) is 0 Å². The summed E-state index contributed by atoms with van der Waals surface area (Å²) in [7, 11) is 0. The molecule has 0 amide bonds. The van der Waals surface area contributed by atoms with Crippen molar-refractivity contribution >= 4 is 17.3 Å². The Bertz CT molecular complexity index is 497. The van der Waals surface area contributed by atoms with Crippen LogP contribution in [-0.4, -0.2) is 27.0 Å². The second kappa shape index (κ2) is 6.31. The zero-order valence-corrected chi connectivity index (χ0v) is 11.8. The highest BCUT2D eigenvalue weighted by atomic mass is 16.6. The van der Waals surface area contributed by atoms with E-state index in [1.807, 2.05) is 20.8 Å². The smallest absolute Gasteiger partial charge is 0.310 e. The Morgan fingerprint density at radius 3 is 2.70 bits per heavy atom. The fourth-order valence-corrected chi connectivity index (χ4v) is 2.00. The van der Waals surface area contributed by atoms with E-state index in [9.17, 15) is 14.9 Å². The number of carboxylic acids is 1. The molecule has 1 heterocycles. The van der Waals surface area contributed by atoms with Gasteiger partial charge in [0.1, 0.15) is 11.9 Å². The summed E-state index contributed by atoms with van der Waals surface area (Å²) >= 11 is 0. The fourth-order valence-electron chi connectivity index (χ4n) is 2.00. The van der Waals surface area contributed by atoms with Crippen molar-refractivity contribution < 1.29 is 14.8 Å². The monoisotopic (exact) mass is 281 g/mol. The number of rotatable bonds is 6. The van der Waals surface area contributed by atoms with Gasteiger partial charge in [-0.1, -0.05) is 20.8 Å². The number of pyridine rings is 1. The predicted molar refractivity (Wildman–Crippen MR) is 74.6 cm³/mol. The van der Waals surface area contributed by atoms with E-state index in [2.05, 4.69) is 10.3 Å². The number of nitro groups is 1. The van der Waals surface area contributed by atoms with Crippen LogP contribution in [0.5, 0.6) is 0 Å². The number of aliphatic carboxylic acids is 1. The third-order valence-corrected chi connectivity index (χ3v) is 2.64. The first-order valence-corrected chi connectivity index (χ1v) is 6.26. The number of nitrogens with one attached hydrogen (secondary N) is 1. The average molecular weight is 281 g/mol. The van der Waals surface area contributed by atoms with Crippen molar-refractivity contribution in [1.82, 2.24) is 4.98 Å². The molecule has 7 heteroatoms. The quantitative estimate of drug-likeness (QED) is 0.613. The summed E-state index contributed by atoms with van der Waals surface area (Å²) < 4.78 is 0. The van der Waals surface area contributed by atoms with E-state index in [0.717, 1.165) is 6.20 Å². The molecule has 0 aliphatic carbocycles. The molecule has 1 atom stereocenters. The summed E-state index contributed by atoms with van der Waals surface area (Å²) in [6.07, 6.45) is 3.07. The summed E-state index contributed by atoms with van der Waals surface area (Å²) in [4.78, 5) is 25.0. The molecule has 0 saturated heterocycles. The highest BCUT2D eigenvalue weighted by Gasteiger charge is 2.23. The van der Waals surface area contributed by atoms with Crippen molar-refractivity contribution in [2.24, 2.45) is 5.41 Å². The zero-order chi connectivity index (χ0) is 15.3. The molecule has 1 rings (SSSR count). The maximum atomic E-state index is 10.9.